The second kappa shape index (κ2) is 5.63. The largest absolute Gasteiger partial charge is 0.313 e. The van der Waals surface area contributed by atoms with Crippen molar-refractivity contribution >= 4 is 27.5 Å². The van der Waals surface area contributed by atoms with Crippen molar-refractivity contribution < 1.29 is 0 Å². The summed E-state index contributed by atoms with van der Waals surface area (Å²) in [5.41, 5.74) is 1.21. The fourth-order valence-electron chi connectivity index (χ4n) is 1.08. The normalized spacial score (nSPS) is 10.4. The quantitative estimate of drug-likeness (QED) is 0.818. The highest BCUT2D eigenvalue weighted by Gasteiger charge is 1.99. The minimum absolute atomic E-state index is 0.788. The van der Waals surface area contributed by atoms with Crippen LogP contribution in [-0.2, 0) is 6.54 Å². The lowest BCUT2D eigenvalue weighted by molar-refractivity contribution is 0.674. The van der Waals surface area contributed by atoms with Crippen molar-refractivity contribution in [3.8, 4) is 0 Å². The number of benzene rings is 1. The van der Waals surface area contributed by atoms with E-state index in [0.717, 1.165) is 29.0 Å². The van der Waals surface area contributed by atoms with Gasteiger partial charge in [-0.3, -0.25) is 0 Å². The maximum atomic E-state index is 5.88. The average Bonchev–Trinajstić information content (AvgIpc) is 2.11. The van der Waals surface area contributed by atoms with Crippen molar-refractivity contribution in [1.82, 2.24) is 5.32 Å². The Morgan fingerprint density at radius 3 is 2.92 bits per heavy atom. The van der Waals surface area contributed by atoms with E-state index in [4.69, 9.17) is 11.6 Å². The molecule has 0 aliphatic heterocycles. The van der Waals surface area contributed by atoms with Crippen LogP contribution in [0.1, 0.15) is 18.9 Å². The van der Waals surface area contributed by atoms with E-state index in [9.17, 15) is 0 Å². The first kappa shape index (κ1) is 11.0. The summed E-state index contributed by atoms with van der Waals surface area (Å²) in [7, 11) is 0. The Labute approximate surface area is 92.6 Å². The number of hydrogen-bond donors (Lipinski definition) is 1. The Hall–Kier alpha value is -0.0500. The van der Waals surface area contributed by atoms with E-state index in [1.165, 1.54) is 5.56 Å². The van der Waals surface area contributed by atoms with Gasteiger partial charge in [0.1, 0.15) is 0 Å². The smallest absolute Gasteiger partial charge is 0.0410 e. The molecule has 0 spiro atoms. The summed E-state index contributed by atoms with van der Waals surface area (Å²) in [6.45, 7) is 4.06. The second-order valence-electron chi connectivity index (χ2n) is 2.91. The van der Waals surface area contributed by atoms with Crippen LogP contribution in [0.5, 0.6) is 0 Å². The van der Waals surface area contributed by atoms with Gasteiger partial charge in [0.2, 0.25) is 0 Å². The summed E-state index contributed by atoms with van der Waals surface area (Å²) in [4.78, 5) is 0. The van der Waals surface area contributed by atoms with Crippen LogP contribution in [0.3, 0.4) is 0 Å². The van der Waals surface area contributed by atoms with Crippen LogP contribution in [0, 0.1) is 0 Å². The third-order valence-electron chi connectivity index (χ3n) is 1.75. The summed E-state index contributed by atoms with van der Waals surface area (Å²) >= 11 is 9.36. The topological polar surface area (TPSA) is 12.0 Å². The number of hydrogen-bond acceptors (Lipinski definition) is 1. The van der Waals surface area contributed by atoms with Gasteiger partial charge < -0.3 is 5.32 Å². The van der Waals surface area contributed by atoms with Crippen molar-refractivity contribution in [2.45, 2.75) is 19.9 Å². The molecule has 1 rings (SSSR count). The molecule has 1 aromatic rings. The molecule has 0 radical (unpaired) electrons. The summed E-state index contributed by atoms with van der Waals surface area (Å²) in [5, 5.41) is 4.12. The Kier molecular flexibility index (Phi) is 4.78. The molecule has 0 heterocycles. The van der Waals surface area contributed by atoms with Gasteiger partial charge in [0.15, 0.2) is 0 Å². The molecule has 0 saturated carbocycles. The highest BCUT2D eigenvalue weighted by atomic mass is 79.9. The summed E-state index contributed by atoms with van der Waals surface area (Å²) in [6, 6.07) is 5.84. The van der Waals surface area contributed by atoms with Crippen molar-refractivity contribution in [1.29, 1.82) is 0 Å². The van der Waals surface area contributed by atoms with Gasteiger partial charge in [0.25, 0.3) is 0 Å². The van der Waals surface area contributed by atoms with Gasteiger partial charge in [-0.2, -0.15) is 0 Å². The molecule has 0 aliphatic carbocycles. The van der Waals surface area contributed by atoms with E-state index in [2.05, 4.69) is 28.2 Å². The lowest BCUT2D eigenvalue weighted by Crippen LogP contribution is -2.14. The molecule has 0 bridgehead atoms. The molecular weight excluding hydrogens is 249 g/mol. The Bertz CT molecular complexity index is 276. The third-order valence-corrected chi connectivity index (χ3v) is 2.76. The van der Waals surface area contributed by atoms with E-state index in [1.807, 2.05) is 18.2 Å². The molecule has 3 heteroatoms. The molecule has 0 amide bonds. The minimum Gasteiger partial charge on any atom is -0.313 e. The maximum absolute atomic E-state index is 5.88. The van der Waals surface area contributed by atoms with Crippen LogP contribution >= 0.6 is 27.5 Å². The van der Waals surface area contributed by atoms with Gasteiger partial charge in [-0.05, 0) is 36.7 Å². The van der Waals surface area contributed by atoms with Crippen LogP contribution in [-0.4, -0.2) is 6.54 Å². The zero-order valence-corrected chi connectivity index (χ0v) is 9.95. The minimum atomic E-state index is 0.788. The Morgan fingerprint density at radius 1 is 1.46 bits per heavy atom. The van der Waals surface area contributed by atoms with E-state index in [-0.39, 0.29) is 0 Å². The third kappa shape index (κ3) is 3.67. The van der Waals surface area contributed by atoms with Gasteiger partial charge in [-0.15, -0.1) is 0 Å². The zero-order chi connectivity index (χ0) is 9.68. The lowest BCUT2D eigenvalue weighted by Gasteiger charge is -2.05. The predicted octanol–water partition coefficient (Wildman–Crippen LogP) is 3.60. The first-order valence-corrected chi connectivity index (χ1v) is 5.55. The highest BCUT2D eigenvalue weighted by molar-refractivity contribution is 9.10. The first-order chi connectivity index (χ1) is 6.24. The molecule has 0 atom stereocenters. The van der Waals surface area contributed by atoms with Crippen molar-refractivity contribution in [2.75, 3.05) is 6.54 Å². The van der Waals surface area contributed by atoms with Crippen LogP contribution in [0.25, 0.3) is 0 Å². The Morgan fingerprint density at radius 2 is 2.23 bits per heavy atom. The molecule has 0 unspecified atom stereocenters. The summed E-state index contributed by atoms with van der Waals surface area (Å²) in [6.07, 6.45) is 1.15. The van der Waals surface area contributed by atoms with Gasteiger partial charge in [0.05, 0.1) is 0 Å². The first-order valence-electron chi connectivity index (χ1n) is 4.38. The fourth-order valence-corrected chi connectivity index (χ4v) is 1.66. The van der Waals surface area contributed by atoms with Crippen LogP contribution in [0.4, 0.5) is 0 Å². The summed E-state index contributed by atoms with van der Waals surface area (Å²) in [5.74, 6) is 0. The predicted molar refractivity (Wildman–Crippen MR) is 61.1 cm³/mol. The van der Waals surface area contributed by atoms with E-state index in [0.29, 0.717) is 0 Å². The molecule has 0 fully saturated rings. The van der Waals surface area contributed by atoms with Crippen molar-refractivity contribution in [3.63, 3.8) is 0 Å². The molecule has 72 valence electrons. The van der Waals surface area contributed by atoms with Gasteiger partial charge in [0, 0.05) is 16.0 Å². The molecule has 1 N–H and O–H groups in total. The fraction of sp³-hybridized carbons (Fsp3) is 0.400. The van der Waals surface area contributed by atoms with Crippen molar-refractivity contribution in [3.05, 3.63) is 33.3 Å². The molecule has 13 heavy (non-hydrogen) atoms. The van der Waals surface area contributed by atoms with Gasteiger partial charge in [-0.25, -0.2) is 0 Å². The standard InChI is InChI=1S/C10H13BrClN/c1-2-5-13-7-8-6-9(12)3-4-10(8)11/h3-4,6,13H,2,5,7H2,1H3. The lowest BCUT2D eigenvalue weighted by atomic mass is 10.2. The molecule has 0 saturated heterocycles. The second-order valence-corrected chi connectivity index (χ2v) is 4.20. The average molecular weight is 263 g/mol. The number of halogens is 2. The van der Waals surface area contributed by atoms with E-state index >= 15 is 0 Å². The van der Waals surface area contributed by atoms with E-state index in [1.54, 1.807) is 0 Å². The highest BCUT2D eigenvalue weighted by Crippen LogP contribution is 2.20. The zero-order valence-electron chi connectivity index (χ0n) is 7.61. The molecule has 0 aromatic heterocycles. The van der Waals surface area contributed by atoms with E-state index < -0.39 is 0 Å². The monoisotopic (exact) mass is 261 g/mol. The van der Waals surface area contributed by atoms with Gasteiger partial charge in [-0.1, -0.05) is 34.5 Å². The molecular formula is C10H13BrClN. The molecule has 1 nitrogen and oxygen atoms in total. The van der Waals surface area contributed by atoms with Crippen LogP contribution < -0.4 is 5.32 Å². The SMILES string of the molecule is CCCNCc1cc(Cl)ccc1Br. The number of rotatable bonds is 4. The Balaban J connectivity index is 2.59. The van der Waals surface area contributed by atoms with Gasteiger partial charge >= 0.3 is 0 Å². The molecule has 1 aromatic carbocycles. The molecule has 0 aliphatic rings. The maximum Gasteiger partial charge on any atom is 0.0410 e. The number of nitrogens with one attached hydrogen (secondary N) is 1. The van der Waals surface area contributed by atoms with Crippen LogP contribution in [0.2, 0.25) is 5.02 Å². The van der Waals surface area contributed by atoms with Crippen molar-refractivity contribution in [2.24, 2.45) is 0 Å². The summed E-state index contributed by atoms with van der Waals surface area (Å²) < 4.78 is 1.11. The van der Waals surface area contributed by atoms with Crippen LogP contribution in [0.15, 0.2) is 22.7 Å².